The summed E-state index contributed by atoms with van der Waals surface area (Å²) in [5, 5.41) is 24.6. The molecule has 2 rings (SSSR count). The summed E-state index contributed by atoms with van der Waals surface area (Å²) in [6, 6.07) is 3.24. The summed E-state index contributed by atoms with van der Waals surface area (Å²) < 4.78 is 0. The third-order valence-corrected chi connectivity index (χ3v) is 10.0. The van der Waals surface area contributed by atoms with Crippen molar-refractivity contribution in [2.45, 2.75) is 180 Å². The zero-order valence-electron chi connectivity index (χ0n) is 32.7. The van der Waals surface area contributed by atoms with Gasteiger partial charge in [-0.3, -0.25) is 24.0 Å². The van der Waals surface area contributed by atoms with E-state index in [4.69, 9.17) is 10.8 Å². The van der Waals surface area contributed by atoms with Crippen LogP contribution in [0.1, 0.15) is 159 Å². The number of rotatable bonds is 32. The molecule has 0 saturated heterocycles. The minimum absolute atomic E-state index is 0.0902. The molecule has 1 heterocycles. The largest absolute Gasteiger partial charge is 0.481 e. The molecule has 2 amide bonds. The van der Waals surface area contributed by atoms with Crippen molar-refractivity contribution in [2.24, 2.45) is 5.73 Å². The molecule has 12 nitrogen and oxygen atoms in total. The normalized spacial score (nSPS) is 12.9. The van der Waals surface area contributed by atoms with Crippen LogP contribution in [0.3, 0.4) is 0 Å². The van der Waals surface area contributed by atoms with E-state index in [2.05, 4.69) is 22.5 Å². The summed E-state index contributed by atoms with van der Waals surface area (Å²) >= 11 is 0. The van der Waals surface area contributed by atoms with Gasteiger partial charge in [0, 0.05) is 55.6 Å². The molecule has 0 unspecified atom stereocenters. The van der Waals surface area contributed by atoms with Crippen LogP contribution in [-0.4, -0.2) is 68.6 Å². The molecule has 0 aliphatic rings. The smallest absolute Gasteiger partial charge is 0.326 e. The van der Waals surface area contributed by atoms with Crippen molar-refractivity contribution >= 4 is 46.2 Å². The SMILES string of the molecule is CCCCCCCCCC(=O)CCCCCCC[C@H](N)C(=O)N[C@H](Cc1c[nH]c2cc(C)ccc12)C(=O)CCCC[C@@H](NC(=O)CCCC(=O)O)C(=O)O. The molecule has 0 aliphatic carbocycles. The predicted molar refractivity (Wildman–Crippen MR) is 211 cm³/mol. The number of carbonyl (C=O) groups excluding carboxylic acids is 4. The van der Waals surface area contributed by atoms with E-state index < -0.39 is 41.9 Å². The fraction of sp³-hybridized carbons (Fsp3) is 0.667. The van der Waals surface area contributed by atoms with Gasteiger partial charge in [-0.2, -0.15) is 0 Å². The van der Waals surface area contributed by atoms with E-state index in [0.717, 1.165) is 67.0 Å². The number of hydrogen-bond donors (Lipinski definition) is 6. The van der Waals surface area contributed by atoms with Gasteiger partial charge in [-0.25, -0.2) is 4.79 Å². The van der Waals surface area contributed by atoms with Crippen LogP contribution < -0.4 is 16.4 Å². The second-order valence-electron chi connectivity index (χ2n) is 14.9. The molecule has 302 valence electrons. The van der Waals surface area contributed by atoms with E-state index in [1.54, 1.807) is 0 Å². The van der Waals surface area contributed by atoms with Crippen LogP contribution in [0, 0.1) is 6.92 Å². The average molecular weight is 755 g/mol. The summed E-state index contributed by atoms with van der Waals surface area (Å²) in [6.45, 7) is 4.21. The number of aryl methyl sites for hydroxylation is 1. The van der Waals surface area contributed by atoms with E-state index in [9.17, 15) is 33.9 Å². The van der Waals surface area contributed by atoms with Gasteiger partial charge in [0.25, 0.3) is 0 Å². The van der Waals surface area contributed by atoms with Gasteiger partial charge >= 0.3 is 11.9 Å². The van der Waals surface area contributed by atoms with E-state index in [0.29, 0.717) is 37.9 Å². The summed E-state index contributed by atoms with van der Waals surface area (Å²) in [6.07, 6.45) is 17.6. The minimum atomic E-state index is -1.20. The first kappa shape index (κ1) is 46.1. The Hall–Kier alpha value is -4.06. The summed E-state index contributed by atoms with van der Waals surface area (Å²) in [5.74, 6) is -2.99. The fourth-order valence-corrected chi connectivity index (χ4v) is 6.71. The van der Waals surface area contributed by atoms with Gasteiger partial charge in [0.15, 0.2) is 5.78 Å². The van der Waals surface area contributed by atoms with Gasteiger partial charge in [-0.15, -0.1) is 0 Å². The highest BCUT2D eigenvalue weighted by molar-refractivity contribution is 5.92. The van der Waals surface area contributed by atoms with Crippen molar-refractivity contribution in [1.29, 1.82) is 0 Å². The third kappa shape index (κ3) is 19.3. The number of aliphatic carboxylic acids is 2. The van der Waals surface area contributed by atoms with E-state index in [-0.39, 0.29) is 44.3 Å². The Labute approximate surface area is 321 Å². The first-order valence-corrected chi connectivity index (χ1v) is 20.3. The van der Waals surface area contributed by atoms with Gasteiger partial charge in [-0.05, 0) is 62.6 Å². The number of nitrogens with one attached hydrogen (secondary N) is 3. The number of carboxylic acids is 2. The minimum Gasteiger partial charge on any atom is -0.481 e. The van der Waals surface area contributed by atoms with Gasteiger partial charge in [0.1, 0.15) is 11.8 Å². The number of amides is 2. The number of aromatic amines is 1. The molecule has 7 N–H and O–H groups in total. The maximum atomic E-state index is 13.6. The second kappa shape index (κ2) is 26.7. The topological polar surface area (TPSA) is 209 Å². The zero-order valence-corrected chi connectivity index (χ0v) is 32.7. The second-order valence-corrected chi connectivity index (χ2v) is 14.9. The Kier molecular flexibility index (Phi) is 22.8. The lowest BCUT2D eigenvalue weighted by atomic mass is 9.96. The van der Waals surface area contributed by atoms with Crippen molar-refractivity contribution in [3.8, 4) is 0 Å². The lowest BCUT2D eigenvalue weighted by molar-refractivity contribution is -0.142. The summed E-state index contributed by atoms with van der Waals surface area (Å²) in [4.78, 5) is 76.8. The van der Waals surface area contributed by atoms with E-state index >= 15 is 0 Å². The maximum absolute atomic E-state index is 13.6. The van der Waals surface area contributed by atoms with Gasteiger partial charge in [0.05, 0.1) is 12.1 Å². The number of Topliss-reactive ketones (excluding diaryl/α,β-unsaturated/α-hetero) is 2. The average Bonchev–Trinajstić information content (AvgIpc) is 3.52. The quantitative estimate of drug-likeness (QED) is 0.0416. The highest BCUT2D eigenvalue weighted by Gasteiger charge is 2.26. The number of ketones is 2. The lowest BCUT2D eigenvalue weighted by Crippen LogP contribution is -2.49. The van der Waals surface area contributed by atoms with Crippen LogP contribution in [0.25, 0.3) is 10.9 Å². The number of aromatic nitrogens is 1. The van der Waals surface area contributed by atoms with Crippen molar-refractivity contribution in [2.75, 3.05) is 0 Å². The summed E-state index contributed by atoms with van der Waals surface area (Å²) in [5.41, 5.74) is 9.20. The number of hydrogen-bond acceptors (Lipinski definition) is 7. The molecule has 0 fully saturated rings. The van der Waals surface area contributed by atoms with Crippen molar-refractivity contribution in [1.82, 2.24) is 15.6 Å². The number of fused-ring (bicyclic) bond motifs is 1. The van der Waals surface area contributed by atoms with Crippen LogP contribution in [0.2, 0.25) is 0 Å². The Balaban J connectivity index is 1.82. The molecule has 0 aliphatic heterocycles. The molecule has 1 aromatic heterocycles. The third-order valence-electron chi connectivity index (χ3n) is 10.0. The van der Waals surface area contributed by atoms with Crippen LogP contribution in [0.5, 0.6) is 0 Å². The van der Waals surface area contributed by atoms with Crippen molar-refractivity contribution in [3.63, 3.8) is 0 Å². The molecule has 54 heavy (non-hydrogen) atoms. The maximum Gasteiger partial charge on any atom is 0.326 e. The van der Waals surface area contributed by atoms with Crippen LogP contribution in [0.4, 0.5) is 0 Å². The van der Waals surface area contributed by atoms with Crippen LogP contribution in [0.15, 0.2) is 24.4 Å². The van der Waals surface area contributed by atoms with Gasteiger partial charge in [-0.1, -0.05) is 89.7 Å². The van der Waals surface area contributed by atoms with Crippen molar-refractivity contribution < 1.29 is 39.0 Å². The molecule has 2 aromatic rings. The Morgan fingerprint density at radius 1 is 0.704 bits per heavy atom. The Morgan fingerprint density at radius 3 is 1.96 bits per heavy atom. The molecule has 0 saturated carbocycles. The first-order chi connectivity index (χ1) is 25.9. The lowest BCUT2D eigenvalue weighted by Gasteiger charge is -2.21. The Morgan fingerprint density at radius 2 is 1.31 bits per heavy atom. The molecule has 1 aromatic carbocycles. The Bertz CT molecular complexity index is 1470. The zero-order chi connectivity index (χ0) is 39.7. The number of nitrogens with two attached hydrogens (primary N) is 1. The number of unbranched alkanes of at least 4 members (excludes halogenated alkanes) is 11. The highest BCUT2D eigenvalue weighted by Crippen LogP contribution is 2.22. The molecular formula is C42H66N4O8. The molecule has 0 bridgehead atoms. The standard InChI is InChI=1S/C42H66N4O8/c1-3-4-5-6-7-9-12-18-32(47)19-13-10-8-11-14-20-34(43)41(52)46-37(28-31-29-44-36-27-30(2)25-26-33(31)36)38(48)22-16-15-21-35(42(53)54)45-39(49)23-17-24-40(50)51/h25-27,29,34-35,37,44H,3-24,28,43H2,1-2H3,(H,45,49)(H,46,52)(H,50,51)(H,53,54)/t34-,35+,37+/m0/s1. The van der Waals surface area contributed by atoms with E-state index in [1.807, 2.05) is 31.3 Å². The monoisotopic (exact) mass is 754 g/mol. The number of carbonyl (C=O) groups is 6. The predicted octanol–water partition coefficient (Wildman–Crippen LogP) is 7.23. The summed E-state index contributed by atoms with van der Waals surface area (Å²) in [7, 11) is 0. The van der Waals surface area contributed by atoms with Crippen LogP contribution >= 0.6 is 0 Å². The number of benzene rings is 1. The van der Waals surface area contributed by atoms with Crippen LogP contribution in [-0.2, 0) is 35.2 Å². The van der Waals surface area contributed by atoms with Gasteiger partial charge in [0.2, 0.25) is 11.8 Å². The molecule has 3 atom stereocenters. The molecule has 12 heteroatoms. The molecular weight excluding hydrogens is 688 g/mol. The molecule has 0 spiro atoms. The number of H-pyrrole nitrogens is 1. The molecule has 0 radical (unpaired) electrons. The highest BCUT2D eigenvalue weighted by atomic mass is 16.4. The van der Waals surface area contributed by atoms with E-state index in [1.165, 1.54) is 32.1 Å². The fourth-order valence-electron chi connectivity index (χ4n) is 6.71. The van der Waals surface area contributed by atoms with Gasteiger partial charge < -0.3 is 31.6 Å². The number of carboxylic acid groups (broad SMARTS) is 2. The first-order valence-electron chi connectivity index (χ1n) is 20.3. The van der Waals surface area contributed by atoms with Crippen molar-refractivity contribution in [3.05, 3.63) is 35.5 Å².